The van der Waals surface area contributed by atoms with Crippen LogP contribution in [0.4, 0.5) is 0 Å². The van der Waals surface area contributed by atoms with Crippen LogP contribution in [-0.4, -0.2) is 38.3 Å². The van der Waals surface area contributed by atoms with Crippen LogP contribution in [0.3, 0.4) is 0 Å². The van der Waals surface area contributed by atoms with Gasteiger partial charge in [-0.05, 0) is 49.1 Å². The van der Waals surface area contributed by atoms with Crippen molar-refractivity contribution in [1.29, 1.82) is 0 Å². The van der Waals surface area contributed by atoms with Gasteiger partial charge < -0.3 is 20.1 Å². The third kappa shape index (κ3) is 8.02. The van der Waals surface area contributed by atoms with Crippen molar-refractivity contribution in [2.24, 2.45) is 4.99 Å². The van der Waals surface area contributed by atoms with Crippen LogP contribution in [0.2, 0.25) is 5.15 Å². The summed E-state index contributed by atoms with van der Waals surface area (Å²) in [6.45, 7) is 7.90. The van der Waals surface area contributed by atoms with E-state index >= 15 is 0 Å². The van der Waals surface area contributed by atoms with Crippen molar-refractivity contribution in [1.82, 2.24) is 15.6 Å². The fourth-order valence-corrected chi connectivity index (χ4v) is 3.01. The molecule has 6 nitrogen and oxygen atoms in total. The molecule has 2 aromatic rings. The summed E-state index contributed by atoms with van der Waals surface area (Å²) in [5, 5.41) is 7.12. The van der Waals surface area contributed by atoms with Crippen LogP contribution in [0.5, 0.6) is 11.5 Å². The SMILES string of the molecule is C=CCc1cc(CN=C(NCC)NCCc2ccc(Cl)nc2)cc(OC)c1OC.I. The Kier molecular flexibility index (Phi) is 12.2. The lowest BCUT2D eigenvalue weighted by Gasteiger charge is -2.15. The van der Waals surface area contributed by atoms with E-state index in [9.17, 15) is 0 Å². The normalized spacial score (nSPS) is 10.7. The van der Waals surface area contributed by atoms with E-state index in [4.69, 9.17) is 26.1 Å². The maximum atomic E-state index is 5.83. The van der Waals surface area contributed by atoms with E-state index < -0.39 is 0 Å². The molecule has 1 aromatic carbocycles. The van der Waals surface area contributed by atoms with Crippen LogP contribution < -0.4 is 20.1 Å². The van der Waals surface area contributed by atoms with E-state index in [1.54, 1.807) is 26.5 Å². The molecule has 0 amide bonds. The Bertz CT molecular complexity index is 829. The quantitative estimate of drug-likeness (QED) is 0.153. The molecule has 0 bridgehead atoms. The van der Waals surface area contributed by atoms with Crippen LogP contribution in [0.15, 0.2) is 48.1 Å². The molecule has 0 atom stereocenters. The molecule has 0 spiro atoms. The van der Waals surface area contributed by atoms with Crippen LogP contribution >= 0.6 is 35.6 Å². The molecule has 0 aliphatic heterocycles. The van der Waals surface area contributed by atoms with Crippen molar-refractivity contribution in [3.8, 4) is 11.5 Å². The molecule has 0 unspecified atom stereocenters. The third-order valence-electron chi connectivity index (χ3n) is 4.24. The number of guanidine groups is 1. The van der Waals surface area contributed by atoms with Crippen molar-refractivity contribution in [3.05, 3.63) is 65.0 Å². The largest absolute Gasteiger partial charge is 0.493 e. The lowest BCUT2D eigenvalue weighted by atomic mass is 10.1. The van der Waals surface area contributed by atoms with Gasteiger partial charge in [0.25, 0.3) is 0 Å². The predicted octanol–water partition coefficient (Wildman–Crippen LogP) is 4.40. The number of aromatic nitrogens is 1. The molecule has 0 saturated carbocycles. The highest BCUT2D eigenvalue weighted by Crippen LogP contribution is 2.33. The van der Waals surface area contributed by atoms with Crippen molar-refractivity contribution >= 4 is 41.5 Å². The number of hydrogen-bond acceptors (Lipinski definition) is 4. The van der Waals surface area contributed by atoms with Gasteiger partial charge in [0.15, 0.2) is 17.5 Å². The summed E-state index contributed by atoms with van der Waals surface area (Å²) in [4.78, 5) is 8.80. The summed E-state index contributed by atoms with van der Waals surface area (Å²) in [6.07, 6.45) is 5.17. The molecule has 164 valence electrons. The number of allylic oxidation sites excluding steroid dienone is 1. The summed E-state index contributed by atoms with van der Waals surface area (Å²) in [5.41, 5.74) is 3.19. The maximum absolute atomic E-state index is 5.83. The van der Waals surface area contributed by atoms with Crippen molar-refractivity contribution in [3.63, 3.8) is 0 Å². The molecule has 2 rings (SSSR count). The molecule has 0 fully saturated rings. The Morgan fingerprint density at radius 2 is 2.00 bits per heavy atom. The number of hydrogen-bond donors (Lipinski definition) is 2. The Balaban J connectivity index is 0.00000450. The molecular formula is C22H30ClIN4O2. The van der Waals surface area contributed by atoms with Crippen molar-refractivity contribution in [2.75, 3.05) is 27.3 Å². The molecule has 0 saturated heterocycles. The van der Waals surface area contributed by atoms with Gasteiger partial charge in [0.1, 0.15) is 5.15 Å². The monoisotopic (exact) mass is 544 g/mol. The minimum absolute atomic E-state index is 0. The standard InChI is InChI=1S/C22H29ClN4O2.HI/c1-5-7-18-12-17(13-19(28-3)21(18)29-4)15-27-22(24-6-2)25-11-10-16-8-9-20(23)26-14-16;/h5,8-9,12-14H,1,6-7,10-11,15H2,2-4H3,(H2,24,25,27);1H. The zero-order valence-corrected chi connectivity index (χ0v) is 20.8. The third-order valence-corrected chi connectivity index (χ3v) is 4.46. The molecule has 1 heterocycles. The zero-order chi connectivity index (χ0) is 21.1. The zero-order valence-electron chi connectivity index (χ0n) is 17.7. The summed E-state index contributed by atoms with van der Waals surface area (Å²) in [5.74, 6) is 2.20. The van der Waals surface area contributed by atoms with Gasteiger partial charge in [0, 0.05) is 24.8 Å². The van der Waals surface area contributed by atoms with Gasteiger partial charge >= 0.3 is 0 Å². The Morgan fingerprint density at radius 3 is 2.60 bits per heavy atom. The highest BCUT2D eigenvalue weighted by molar-refractivity contribution is 14.0. The molecule has 30 heavy (non-hydrogen) atoms. The molecule has 0 aliphatic rings. The van der Waals surface area contributed by atoms with Gasteiger partial charge in [-0.3, -0.25) is 0 Å². The van der Waals surface area contributed by atoms with Gasteiger partial charge in [-0.15, -0.1) is 30.6 Å². The van der Waals surface area contributed by atoms with Gasteiger partial charge in [0.2, 0.25) is 0 Å². The number of benzene rings is 1. The summed E-state index contributed by atoms with van der Waals surface area (Å²) >= 11 is 5.83. The summed E-state index contributed by atoms with van der Waals surface area (Å²) in [7, 11) is 3.28. The Morgan fingerprint density at radius 1 is 1.20 bits per heavy atom. The van der Waals surface area contributed by atoms with Gasteiger partial charge in [-0.2, -0.15) is 0 Å². The highest BCUT2D eigenvalue weighted by Gasteiger charge is 2.11. The Hall–Kier alpha value is -2.00. The van der Waals surface area contributed by atoms with Crippen molar-refractivity contribution in [2.45, 2.75) is 26.3 Å². The molecule has 0 radical (unpaired) electrons. The maximum Gasteiger partial charge on any atom is 0.191 e. The van der Waals surface area contributed by atoms with Crippen LogP contribution in [0.25, 0.3) is 0 Å². The number of ether oxygens (including phenoxy) is 2. The number of aliphatic imine (C=N–C) groups is 1. The minimum atomic E-state index is 0. The molecule has 1 aromatic heterocycles. The minimum Gasteiger partial charge on any atom is -0.493 e. The number of halogens is 2. The summed E-state index contributed by atoms with van der Waals surface area (Å²) in [6, 6.07) is 7.81. The second-order valence-corrected chi connectivity index (χ2v) is 6.73. The van der Waals surface area contributed by atoms with Crippen LogP contribution in [0.1, 0.15) is 23.6 Å². The van der Waals surface area contributed by atoms with Gasteiger partial charge in [-0.1, -0.05) is 23.7 Å². The molecule has 0 aliphatic carbocycles. The predicted molar refractivity (Wildman–Crippen MR) is 135 cm³/mol. The average Bonchev–Trinajstić information content (AvgIpc) is 2.73. The van der Waals surface area contributed by atoms with Gasteiger partial charge in [0.05, 0.1) is 20.8 Å². The fourth-order valence-electron chi connectivity index (χ4n) is 2.90. The smallest absolute Gasteiger partial charge is 0.191 e. The van der Waals surface area contributed by atoms with E-state index in [0.717, 1.165) is 47.9 Å². The van der Waals surface area contributed by atoms with Crippen molar-refractivity contribution < 1.29 is 9.47 Å². The van der Waals surface area contributed by atoms with E-state index in [2.05, 4.69) is 28.3 Å². The molecular weight excluding hydrogens is 515 g/mol. The van der Waals surface area contributed by atoms with E-state index in [-0.39, 0.29) is 24.0 Å². The van der Waals surface area contributed by atoms with Crippen LogP contribution in [0, 0.1) is 0 Å². The highest BCUT2D eigenvalue weighted by atomic mass is 127. The first-order valence-corrected chi connectivity index (χ1v) is 9.96. The lowest BCUT2D eigenvalue weighted by molar-refractivity contribution is 0.352. The first kappa shape index (κ1) is 26.0. The van der Waals surface area contributed by atoms with Gasteiger partial charge in [-0.25, -0.2) is 9.98 Å². The fraction of sp³-hybridized carbons (Fsp3) is 0.364. The summed E-state index contributed by atoms with van der Waals surface area (Å²) < 4.78 is 11.0. The average molecular weight is 545 g/mol. The first-order chi connectivity index (χ1) is 14.1. The van der Waals surface area contributed by atoms with E-state index in [1.165, 1.54) is 0 Å². The van der Waals surface area contributed by atoms with E-state index in [1.807, 2.05) is 25.1 Å². The van der Waals surface area contributed by atoms with E-state index in [0.29, 0.717) is 23.9 Å². The topological polar surface area (TPSA) is 67.8 Å². The Labute approximate surface area is 201 Å². The number of nitrogens with one attached hydrogen (secondary N) is 2. The number of methoxy groups -OCH3 is 2. The number of pyridine rings is 1. The van der Waals surface area contributed by atoms with Crippen LogP contribution in [-0.2, 0) is 19.4 Å². The second kappa shape index (κ2) is 14.1. The first-order valence-electron chi connectivity index (χ1n) is 9.58. The molecule has 8 heteroatoms. The number of nitrogens with zero attached hydrogens (tertiary/aromatic N) is 2. The lowest BCUT2D eigenvalue weighted by Crippen LogP contribution is -2.38. The number of rotatable bonds is 10. The molecule has 2 N–H and O–H groups in total. The second-order valence-electron chi connectivity index (χ2n) is 6.34.